The summed E-state index contributed by atoms with van der Waals surface area (Å²) < 4.78 is 6.31. The summed E-state index contributed by atoms with van der Waals surface area (Å²) in [4.78, 5) is 12.1. The molecule has 29 heavy (non-hydrogen) atoms. The number of methoxy groups -OCH3 is 1. The van der Waals surface area contributed by atoms with E-state index in [-0.39, 0.29) is 17.6 Å². The van der Waals surface area contributed by atoms with Crippen molar-refractivity contribution in [2.24, 2.45) is 5.10 Å². The first-order valence-electron chi connectivity index (χ1n) is 8.37. The number of halogens is 1. The van der Waals surface area contributed by atoms with Crippen LogP contribution in [0.3, 0.4) is 0 Å². The molecule has 0 unspecified atom stereocenters. The lowest BCUT2D eigenvalue weighted by atomic mass is 10.2. The third-order valence-electron chi connectivity index (χ3n) is 3.60. The Kier molecular flexibility index (Phi) is 6.93. The molecular weight excluding hydrogens is 414 g/mol. The minimum Gasteiger partial charge on any atom is -0.497 e. The first-order chi connectivity index (χ1) is 14.0. The Morgan fingerprint density at radius 1 is 1.31 bits per heavy atom. The Bertz CT molecular complexity index is 1010. The smallest absolute Gasteiger partial charge is 0.264 e. The predicted octanol–water partition coefficient (Wildman–Crippen LogP) is 2.83. The molecule has 0 radical (unpaired) electrons. The number of carbonyl (C=O) groups is 1. The first-order valence-corrected chi connectivity index (χ1v) is 9.73. The third kappa shape index (κ3) is 5.87. The van der Waals surface area contributed by atoms with Gasteiger partial charge in [0, 0.05) is 10.7 Å². The number of hydrogen-bond donors (Lipinski definition) is 3. The van der Waals surface area contributed by atoms with Crippen LogP contribution < -0.4 is 21.3 Å². The lowest BCUT2D eigenvalue weighted by Crippen LogP contribution is -2.16. The largest absolute Gasteiger partial charge is 0.497 e. The molecule has 150 valence electrons. The number of nitrogens with zero attached hydrogens (tertiary/aromatic N) is 4. The van der Waals surface area contributed by atoms with Crippen LogP contribution in [0.25, 0.3) is 0 Å². The number of carbonyl (C=O) groups excluding carboxylic acids is 1. The molecule has 11 heteroatoms. The van der Waals surface area contributed by atoms with Crippen molar-refractivity contribution in [3.05, 3.63) is 59.1 Å². The zero-order chi connectivity index (χ0) is 20.6. The van der Waals surface area contributed by atoms with E-state index in [9.17, 15) is 4.79 Å². The molecule has 0 aliphatic rings. The number of rotatable bonds is 8. The van der Waals surface area contributed by atoms with Gasteiger partial charge in [0.1, 0.15) is 5.75 Å². The number of hydrogen-bond acceptors (Lipinski definition) is 8. The van der Waals surface area contributed by atoms with Gasteiger partial charge in [0.2, 0.25) is 11.1 Å². The average Bonchev–Trinajstić information content (AvgIpc) is 3.07. The summed E-state index contributed by atoms with van der Waals surface area (Å²) >= 11 is 7.08. The van der Waals surface area contributed by atoms with Crippen LogP contribution >= 0.6 is 23.4 Å². The number of benzene rings is 2. The number of anilines is 2. The molecule has 0 aliphatic carbocycles. The average molecular weight is 432 g/mol. The third-order valence-corrected chi connectivity index (χ3v) is 4.78. The van der Waals surface area contributed by atoms with E-state index in [4.69, 9.17) is 22.2 Å². The van der Waals surface area contributed by atoms with E-state index >= 15 is 0 Å². The molecule has 1 heterocycles. The molecule has 0 fully saturated rings. The van der Waals surface area contributed by atoms with E-state index in [1.807, 2.05) is 12.1 Å². The minimum atomic E-state index is -0.198. The summed E-state index contributed by atoms with van der Waals surface area (Å²) in [5.41, 5.74) is 4.19. The van der Waals surface area contributed by atoms with Gasteiger partial charge in [0.15, 0.2) is 0 Å². The quantitative estimate of drug-likeness (QED) is 0.217. The molecule has 0 saturated carbocycles. The standard InChI is InChI=1S/C18H18ClN7O2S/c1-28-15-7-5-14(6-8-15)22-16(27)11-29-18-25-24-17(26(18)20)23-21-10-12-3-2-4-13(19)9-12/h2-10H,11,20H2,1H3,(H,22,27)(H,23,24)/b21-10+. The summed E-state index contributed by atoms with van der Waals surface area (Å²) in [6, 6.07) is 14.3. The van der Waals surface area contributed by atoms with Crippen LogP contribution in [-0.2, 0) is 4.79 Å². The Morgan fingerprint density at radius 3 is 2.83 bits per heavy atom. The fourth-order valence-electron chi connectivity index (χ4n) is 2.20. The molecular formula is C18H18ClN7O2S. The van der Waals surface area contributed by atoms with Crippen LogP contribution in [0, 0.1) is 0 Å². The predicted molar refractivity (Wildman–Crippen MR) is 115 cm³/mol. The second-order valence-electron chi connectivity index (χ2n) is 5.67. The molecule has 1 amide bonds. The van der Waals surface area contributed by atoms with Gasteiger partial charge in [-0.3, -0.25) is 4.79 Å². The summed E-state index contributed by atoms with van der Waals surface area (Å²) in [5, 5.41) is 15.7. The van der Waals surface area contributed by atoms with Crippen LogP contribution in [0.15, 0.2) is 58.8 Å². The Morgan fingerprint density at radius 2 is 2.10 bits per heavy atom. The number of thioether (sulfide) groups is 1. The van der Waals surface area contributed by atoms with E-state index in [0.717, 1.165) is 17.3 Å². The molecule has 9 nitrogen and oxygen atoms in total. The molecule has 3 rings (SSSR count). The SMILES string of the molecule is COc1ccc(NC(=O)CSc2nnc(N/N=C/c3cccc(Cl)c3)n2N)cc1. The fourth-order valence-corrected chi connectivity index (χ4v) is 3.06. The molecule has 3 aromatic rings. The van der Waals surface area contributed by atoms with Gasteiger partial charge in [-0.15, -0.1) is 10.2 Å². The Labute approximate surface area is 176 Å². The van der Waals surface area contributed by atoms with Crippen LogP contribution in [0.2, 0.25) is 5.02 Å². The molecule has 4 N–H and O–H groups in total. The molecule has 0 atom stereocenters. The molecule has 0 bridgehead atoms. The first kappa shape index (κ1) is 20.5. The second-order valence-corrected chi connectivity index (χ2v) is 7.05. The highest BCUT2D eigenvalue weighted by Crippen LogP contribution is 2.18. The van der Waals surface area contributed by atoms with Gasteiger partial charge in [-0.1, -0.05) is 35.5 Å². The van der Waals surface area contributed by atoms with Crippen LogP contribution in [0.5, 0.6) is 5.75 Å². The molecule has 2 aromatic carbocycles. The van der Waals surface area contributed by atoms with Gasteiger partial charge in [-0.25, -0.2) is 10.1 Å². The number of hydrazone groups is 1. The van der Waals surface area contributed by atoms with Gasteiger partial charge in [-0.2, -0.15) is 5.10 Å². The maximum Gasteiger partial charge on any atom is 0.264 e. The highest BCUT2D eigenvalue weighted by atomic mass is 35.5. The molecule has 1 aromatic heterocycles. The van der Waals surface area contributed by atoms with E-state index in [0.29, 0.717) is 21.6 Å². The van der Waals surface area contributed by atoms with Crippen molar-refractivity contribution in [2.75, 3.05) is 29.4 Å². The lowest BCUT2D eigenvalue weighted by molar-refractivity contribution is -0.113. The lowest BCUT2D eigenvalue weighted by Gasteiger charge is -2.06. The van der Waals surface area contributed by atoms with Crippen molar-refractivity contribution < 1.29 is 9.53 Å². The van der Waals surface area contributed by atoms with Gasteiger partial charge in [0.05, 0.1) is 19.1 Å². The minimum absolute atomic E-state index is 0.118. The van der Waals surface area contributed by atoms with Crippen molar-refractivity contribution in [1.82, 2.24) is 14.9 Å². The Balaban J connectivity index is 1.51. The molecule has 0 spiro atoms. The van der Waals surface area contributed by atoms with Crippen LogP contribution in [0.4, 0.5) is 11.6 Å². The second kappa shape index (κ2) is 9.80. The highest BCUT2D eigenvalue weighted by Gasteiger charge is 2.12. The maximum atomic E-state index is 12.1. The van der Waals surface area contributed by atoms with E-state index < -0.39 is 0 Å². The van der Waals surface area contributed by atoms with Gasteiger partial charge in [0.25, 0.3) is 5.95 Å². The fraction of sp³-hybridized carbons (Fsp3) is 0.111. The van der Waals surface area contributed by atoms with Gasteiger partial charge in [-0.05, 0) is 42.0 Å². The summed E-state index contributed by atoms with van der Waals surface area (Å²) in [6.07, 6.45) is 1.58. The summed E-state index contributed by atoms with van der Waals surface area (Å²) in [6.45, 7) is 0. The molecule has 0 aliphatic heterocycles. The highest BCUT2D eigenvalue weighted by molar-refractivity contribution is 7.99. The van der Waals surface area contributed by atoms with Gasteiger partial charge < -0.3 is 15.9 Å². The number of nitrogens with two attached hydrogens (primary N) is 1. The number of nitrogens with one attached hydrogen (secondary N) is 2. The summed E-state index contributed by atoms with van der Waals surface area (Å²) in [7, 11) is 1.58. The number of aromatic nitrogens is 3. The zero-order valence-corrected chi connectivity index (χ0v) is 16.9. The zero-order valence-electron chi connectivity index (χ0n) is 15.4. The van der Waals surface area contributed by atoms with E-state index in [1.165, 1.54) is 4.68 Å². The maximum absolute atomic E-state index is 12.1. The number of nitrogen functional groups attached to an aromatic ring is 1. The van der Waals surface area contributed by atoms with Crippen molar-refractivity contribution >= 4 is 47.1 Å². The molecule has 0 saturated heterocycles. The summed E-state index contributed by atoms with van der Waals surface area (Å²) in [5.74, 6) is 6.82. The number of amides is 1. The van der Waals surface area contributed by atoms with Crippen molar-refractivity contribution in [3.8, 4) is 5.75 Å². The van der Waals surface area contributed by atoms with Crippen molar-refractivity contribution in [1.29, 1.82) is 0 Å². The van der Waals surface area contributed by atoms with Crippen LogP contribution in [0.1, 0.15) is 5.56 Å². The van der Waals surface area contributed by atoms with Gasteiger partial charge >= 0.3 is 0 Å². The van der Waals surface area contributed by atoms with E-state index in [1.54, 1.807) is 49.7 Å². The normalized spacial score (nSPS) is 10.8. The van der Waals surface area contributed by atoms with Crippen molar-refractivity contribution in [3.63, 3.8) is 0 Å². The van der Waals surface area contributed by atoms with Crippen molar-refractivity contribution in [2.45, 2.75) is 5.16 Å². The Hall–Kier alpha value is -3.24. The monoisotopic (exact) mass is 431 g/mol. The number of ether oxygens (including phenoxy) is 1. The topological polar surface area (TPSA) is 119 Å². The van der Waals surface area contributed by atoms with Crippen LogP contribution in [-0.4, -0.2) is 39.9 Å². The van der Waals surface area contributed by atoms with E-state index in [2.05, 4.69) is 26.0 Å².